The lowest BCUT2D eigenvalue weighted by Crippen LogP contribution is -2.45. The Labute approximate surface area is 171 Å². The summed E-state index contributed by atoms with van der Waals surface area (Å²) in [6.07, 6.45) is 1.02. The van der Waals surface area contributed by atoms with Crippen LogP contribution in [0.3, 0.4) is 0 Å². The number of ether oxygens (including phenoxy) is 1. The van der Waals surface area contributed by atoms with Gasteiger partial charge >= 0.3 is 6.09 Å². The minimum absolute atomic E-state index is 0.0784. The van der Waals surface area contributed by atoms with E-state index in [-0.39, 0.29) is 17.9 Å². The van der Waals surface area contributed by atoms with Gasteiger partial charge in [0.05, 0.1) is 5.69 Å². The summed E-state index contributed by atoms with van der Waals surface area (Å²) in [6.45, 7) is 11.0. The van der Waals surface area contributed by atoms with E-state index in [0.29, 0.717) is 31.8 Å². The fraction of sp³-hybridized carbons (Fsp3) is 0.619. The Hall–Kier alpha value is -1.56. The van der Waals surface area contributed by atoms with Crippen molar-refractivity contribution in [1.82, 2.24) is 4.90 Å². The second-order valence-corrected chi connectivity index (χ2v) is 9.36. The van der Waals surface area contributed by atoms with Gasteiger partial charge in [0.1, 0.15) is 5.60 Å². The highest BCUT2D eigenvalue weighted by Crippen LogP contribution is 2.31. The van der Waals surface area contributed by atoms with E-state index in [1.807, 2.05) is 33.9 Å². The topological polar surface area (TPSA) is 49.9 Å². The van der Waals surface area contributed by atoms with E-state index in [1.165, 1.54) is 5.56 Å². The number of piperidine rings is 1. The van der Waals surface area contributed by atoms with Crippen LogP contribution < -0.4 is 4.90 Å². The smallest absolute Gasteiger partial charge is 0.410 e. The molecule has 5 nitrogen and oxygen atoms in total. The Bertz CT molecular complexity index is 689. The van der Waals surface area contributed by atoms with Gasteiger partial charge in [-0.1, -0.05) is 19.9 Å². The van der Waals surface area contributed by atoms with Gasteiger partial charge in [-0.25, -0.2) is 4.79 Å². The van der Waals surface area contributed by atoms with E-state index in [9.17, 15) is 9.59 Å². The normalized spacial score (nSPS) is 15.8. The number of carbonyl (C=O) groups is 2. The highest BCUT2D eigenvalue weighted by Gasteiger charge is 2.31. The number of anilines is 1. The molecule has 150 valence electrons. The molecular formula is C21H31BrN2O3. The van der Waals surface area contributed by atoms with Gasteiger partial charge in [0, 0.05) is 30.5 Å². The molecule has 0 bridgehead atoms. The molecule has 1 aromatic carbocycles. The van der Waals surface area contributed by atoms with E-state index in [4.69, 9.17) is 4.74 Å². The molecule has 0 saturated carbocycles. The van der Waals surface area contributed by atoms with Gasteiger partial charge in [-0.2, -0.15) is 0 Å². The Kier molecular flexibility index (Phi) is 6.95. The van der Waals surface area contributed by atoms with E-state index in [2.05, 4.69) is 41.9 Å². The number of hydrogen-bond donors (Lipinski definition) is 0. The Morgan fingerprint density at radius 1 is 1.22 bits per heavy atom. The number of likely N-dealkylation sites (tertiary alicyclic amines) is 1. The molecule has 27 heavy (non-hydrogen) atoms. The number of rotatable bonds is 3. The second-order valence-electron chi connectivity index (χ2n) is 8.50. The van der Waals surface area contributed by atoms with Gasteiger partial charge in [0.25, 0.3) is 0 Å². The summed E-state index contributed by atoms with van der Waals surface area (Å²) in [5.41, 5.74) is 1.61. The molecule has 1 aliphatic rings. The fourth-order valence-corrected chi connectivity index (χ4v) is 3.84. The summed E-state index contributed by atoms with van der Waals surface area (Å²) in [7, 11) is 1.82. The van der Waals surface area contributed by atoms with Crippen LogP contribution in [0.15, 0.2) is 22.7 Å². The van der Waals surface area contributed by atoms with Gasteiger partial charge in [-0.15, -0.1) is 0 Å². The van der Waals surface area contributed by atoms with Gasteiger partial charge in [0.15, 0.2) is 0 Å². The molecule has 0 aliphatic carbocycles. The van der Waals surface area contributed by atoms with E-state index < -0.39 is 5.60 Å². The van der Waals surface area contributed by atoms with Crippen molar-refractivity contribution in [2.24, 2.45) is 5.92 Å². The van der Waals surface area contributed by atoms with Crippen molar-refractivity contribution in [3.05, 3.63) is 28.2 Å². The van der Waals surface area contributed by atoms with Crippen molar-refractivity contribution in [3.8, 4) is 0 Å². The van der Waals surface area contributed by atoms with Crippen LogP contribution in [0.4, 0.5) is 10.5 Å². The quantitative estimate of drug-likeness (QED) is 0.652. The first kappa shape index (κ1) is 21.7. The lowest BCUT2D eigenvalue weighted by molar-refractivity contribution is -0.123. The number of hydrogen-bond acceptors (Lipinski definition) is 3. The molecule has 1 heterocycles. The first-order valence-electron chi connectivity index (χ1n) is 9.54. The molecule has 0 radical (unpaired) electrons. The summed E-state index contributed by atoms with van der Waals surface area (Å²) < 4.78 is 6.35. The average molecular weight is 439 g/mol. The molecule has 0 aromatic heterocycles. The third kappa shape index (κ3) is 5.71. The highest BCUT2D eigenvalue weighted by molar-refractivity contribution is 9.10. The third-order valence-electron chi connectivity index (χ3n) is 4.83. The molecule has 1 fully saturated rings. The molecule has 1 aromatic rings. The van der Waals surface area contributed by atoms with Crippen molar-refractivity contribution in [3.63, 3.8) is 0 Å². The zero-order valence-electron chi connectivity index (χ0n) is 17.2. The van der Waals surface area contributed by atoms with Gasteiger partial charge in [0.2, 0.25) is 5.91 Å². The molecule has 0 unspecified atom stereocenters. The standard InChI is InChI=1S/C21H31BrN2O3/c1-14(2)16-7-8-18(17(22)13-16)23(6)19(25)15-9-11-24(12-10-15)20(26)27-21(3,4)5/h7-8,13-15H,9-12H2,1-6H3. The zero-order chi connectivity index (χ0) is 20.4. The molecule has 6 heteroatoms. The maximum Gasteiger partial charge on any atom is 0.410 e. The lowest BCUT2D eigenvalue weighted by atomic mass is 9.95. The Balaban J connectivity index is 1.98. The number of halogens is 1. The average Bonchev–Trinajstić information content (AvgIpc) is 2.59. The maximum absolute atomic E-state index is 12.9. The van der Waals surface area contributed by atoms with Crippen molar-refractivity contribution in [2.75, 3.05) is 25.0 Å². The summed E-state index contributed by atoms with van der Waals surface area (Å²) in [4.78, 5) is 28.5. The monoisotopic (exact) mass is 438 g/mol. The van der Waals surface area contributed by atoms with Crippen LogP contribution in [-0.4, -0.2) is 42.6 Å². The van der Waals surface area contributed by atoms with Crippen molar-refractivity contribution in [1.29, 1.82) is 0 Å². The molecule has 1 aliphatic heterocycles. The van der Waals surface area contributed by atoms with Crippen LogP contribution in [0.1, 0.15) is 58.9 Å². The van der Waals surface area contributed by atoms with Crippen LogP contribution in [-0.2, 0) is 9.53 Å². The van der Waals surface area contributed by atoms with Crippen molar-refractivity contribution in [2.45, 2.75) is 59.0 Å². The van der Waals surface area contributed by atoms with Crippen LogP contribution in [0.2, 0.25) is 0 Å². The van der Waals surface area contributed by atoms with E-state index >= 15 is 0 Å². The first-order valence-corrected chi connectivity index (χ1v) is 10.3. The second kappa shape index (κ2) is 8.63. The Morgan fingerprint density at radius 2 is 1.81 bits per heavy atom. The number of nitrogens with zero attached hydrogens (tertiary/aromatic N) is 2. The highest BCUT2D eigenvalue weighted by atomic mass is 79.9. The maximum atomic E-state index is 12.9. The molecule has 2 rings (SSSR count). The molecule has 0 N–H and O–H groups in total. The van der Waals surface area contributed by atoms with Crippen molar-refractivity contribution < 1.29 is 14.3 Å². The summed E-state index contributed by atoms with van der Waals surface area (Å²) in [5, 5.41) is 0. The van der Waals surface area contributed by atoms with Gasteiger partial charge in [-0.3, -0.25) is 4.79 Å². The molecule has 0 spiro atoms. The minimum Gasteiger partial charge on any atom is -0.444 e. The predicted molar refractivity (Wildman–Crippen MR) is 112 cm³/mol. The van der Waals surface area contributed by atoms with E-state index in [1.54, 1.807) is 9.80 Å². The lowest BCUT2D eigenvalue weighted by Gasteiger charge is -2.34. The van der Waals surface area contributed by atoms with Crippen LogP contribution in [0.5, 0.6) is 0 Å². The van der Waals surface area contributed by atoms with Gasteiger partial charge in [-0.05, 0) is 73.2 Å². The van der Waals surface area contributed by atoms with Crippen molar-refractivity contribution >= 4 is 33.6 Å². The first-order chi connectivity index (χ1) is 12.5. The summed E-state index contributed by atoms with van der Waals surface area (Å²) in [5.74, 6) is 0.454. The van der Waals surface area contributed by atoms with Gasteiger partial charge < -0.3 is 14.5 Å². The van der Waals surface area contributed by atoms with Crippen LogP contribution >= 0.6 is 15.9 Å². The molecule has 0 atom stereocenters. The zero-order valence-corrected chi connectivity index (χ0v) is 18.8. The third-order valence-corrected chi connectivity index (χ3v) is 5.46. The fourth-order valence-electron chi connectivity index (χ4n) is 3.18. The predicted octanol–water partition coefficient (Wildman–Crippen LogP) is 5.18. The SMILES string of the molecule is CC(C)c1ccc(N(C)C(=O)C2CCN(C(=O)OC(C)(C)C)CC2)c(Br)c1. The molecular weight excluding hydrogens is 408 g/mol. The summed E-state index contributed by atoms with van der Waals surface area (Å²) >= 11 is 3.60. The van der Waals surface area contributed by atoms with E-state index in [0.717, 1.165) is 10.2 Å². The molecule has 1 saturated heterocycles. The minimum atomic E-state index is -0.502. The molecule has 2 amide bonds. The number of carbonyl (C=O) groups excluding carboxylic acids is 2. The number of benzene rings is 1. The largest absolute Gasteiger partial charge is 0.444 e. The Morgan fingerprint density at radius 3 is 2.30 bits per heavy atom. The summed E-state index contributed by atoms with van der Waals surface area (Å²) in [6, 6.07) is 6.14. The van der Waals surface area contributed by atoms with Crippen LogP contribution in [0, 0.1) is 5.92 Å². The number of amides is 2. The van der Waals surface area contributed by atoms with Crippen LogP contribution in [0.25, 0.3) is 0 Å².